The molecule has 0 saturated heterocycles. The Morgan fingerprint density at radius 2 is 2.11 bits per heavy atom. The van der Waals surface area contributed by atoms with Crippen LogP contribution in [0.1, 0.15) is 11.3 Å². The first-order valence-corrected chi connectivity index (χ1v) is 6.98. The number of hydrogen-bond acceptors (Lipinski definition) is 4. The van der Waals surface area contributed by atoms with Crippen molar-refractivity contribution < 1.29 is 4.74 Å². The highest BCUT2D eigenvalue weighted by atomic mass is 79.9. The second kappa shape index (κ2) is 5.27. The lowest BCUT2D eigenvalue weighted by Gasteiger charge is -2.18. The van der Waals surface area contributed by atoms with E-state index in [2.05, 4.69) is 26.2 Å². The largest absolute Gasteiger partial charge is 0.496 e. The molecule has 0 fully saturated rings. The summed E-state index contributed by atoms with van der Waals surface area (Å²) in [4.78, 5) is 9.24. The van der Waals surface area contributed by atoms with Crippen LogP contribution in [0.2, 0.25) is 0 Å². The average Bonchev–Trinajstić information content (AvgIpc) is 2.47. The highest BCUT2D eigenvalue weighted by Gasteiger charge is 2.18. The van der Waals surface area contributed by atoms with E-state index < -0.39 is 0 Å². The van der Waals surface area contributed by atoms with E-state index in [1.807, 2.05) is 24.3 Å². The summed E-state index contributed by atoms with van der Waals surface area (Å²) < 4.78 is 6.24. The first-order chi connectivity index (χ1) is 9.29. The fourth-order valence-corrected chi connectivity index (χ4v) is 2.79. The number of ether oxygens (including phenoxy) is 1. The molecule has 0 unspecified atom stereocenters. The highest BCUT2D eigenvalue weighted by Crippen LogP contribution is 2.30. The van der Waals surface area contributed by atoms with Crippen LogP contribution in [0.25, 0.3) is 11.4 Å². The van der Waals surface area contributed by atoms with Crippen molar-refractivity contribution in [1.29, 1.82) is 0 Å². The predicted octanol–water partition coefficient (Wildman–Crippen LogP) is 2.56. The maximum Gasteiger partial charge on any atom is 0.164 e. The van der Waals surface area contributed by atoms with E-state index in [9.17, 15) is 0 Å². The van der Waals surface area contributed by atoms with Crippen LogP contribution < -0.4 is 10.1 Å². The molecule has 19 heavy (non-hydrogen) atoms. The molecule has 3 rings (SSSR count). The Kier molecular flexibility index (Phi) is 3.48. The molecule has 98 valence electrons. The molecule has 0 bridgehead atoms. The van der Waals surface area contributed by atoms with Gasteiger partial charge in [0.2, 0.25) is 0 Å². The molecule has 0 atom stereocenters. The van der Waals surface area contributed by atoms with Crippen molar-refractivity contribution in [2.45, 2.75) is 13.0 Å². The van der Waals surface area contributed by atoms with Crippen molar-refractivity contribution in [3.05, 3.63) is 40.1 Å². The Labute approximate surface area is 120 Å². The third kappa shape index (κ3) is 2.35. The minimum atomic E-state index is 0.713. The van der Waals surface area contributed by atoms with Gasteiger partial charge in [0.1, 0.15) is 10.4 Å². The fourth-order valence-electron chi connectivity index (χ4n) is 2.25. The molecule has 1 N–H and O–H groups in total. The molecule has 5 heteroatoms. The first-order valence-electron chi connectivity index (χ1n) is 6.19. The standard InChI is InChI=1S/C14H14BrN3O/c1-19-12-5-3-2-4-9(12)14-17-11-6-7-16-8-10(11)13(15)18-14/h2-5,16H,6-8H2,1H3. The van der Waals surface area contributed by atoms with Gasteiger partial charge in [-0.3, -0.25) is 0 Å². The number of halogens is 1. The van der Waals surface area contributed by atoms with E-state index in [0.717, 1.165) is 46.7 Å². The van der Waals surface area contributed by atoms with Crippen LogP contribution >= 0.6 is 15.9 Å². The molecular formula is C14H14BrN3O. The number of hydrogen-bond donors (Lipinski definition) is 1. The number of para-hydroxylation sites is 1. The zero-order valence-corrected chi connectivity index (χ0v) is 12.2. The summed E-state index contributed by atoms with van der Waals surface area (Å²) in [5.41, 5.74) is 3.19. The lowest BCUT2D eigenvalue weighted by Crippen LogP contribution is -2.25. The van der Waals surface area contributed by atoms with Crippen LogP contribution in [0.5, 0.6) is 5.75 Å². The highest BCUT2D eigenvalue weighted by molar-refractivity contribution is 9.10. The van der Waals surface area contributed by atoms with Crippen LogP contribution in [0.15, 0.2) is 28.9 Å². The quantitative estimate of drug-likeness (QED) is 0.864. The summed E-state index contributed by atoms with van der Waals surface area (Å²) in [6, 6.07) is 7.82. The Bertz CT molecular complexity index is 616. The van der Waals surface area contributed by atoms with Crippen molar-refractivity contribution in [2.75, 3.05) is 13.7 Å². The number of methoxy groups -OCH3 is 1. The van der Waals surface area contributed by atoms with Crippen LogP contribution in [0.4, 0.5) is 0 Å². The van der Waals surface area contributed by atoms with E-state index in [1.54, 1.807) is 7.11 Å². The van der Waals surface area contributed by atoms with E-state index >= 15 is 0 Å². The maximum atomic E-state index is 5.38. The molecule has 0 radical (unpaired) electrons. The van der Waals surface area contributed by atoms with Gasteiger partial charge in [0.05, 0.1) is 18.4 Å². The predicted molar refractivity (Wildman–Crippen MR) is 77.1 cm³/mol. The lowest BCUT2D eigenvalue weighted by molar-refractivity contribution is 0.416. The van der Waals surface area contributed by atoms with Gasteiger partial charge in [0, 0.05) is 25.1 Å². The summed E-state index contributed by atoms with van der Waals surface area (Å²) in [6.07, 6.45) is 0.929. The van der Waals surface area contributed by atoms with Crippen molar-refractivity contribution in [2.24, 2.45) is 0 Å². The van der Waals surface area contributed by atoms with E-state index in [1.165, 1.54) is 0 Å². The van der Waals surface area contributed by atoms with Gasteiger partial charge >= 0.3 is 0 Å². The zero-order valence-electron chi connectivity index (χ0n) is 10.6. The van der Waals surface area contributed by atoms with Gasteiger partial charge in [0.25, 0.3) is 0 Å². The average molecular weight is 320 g/mol. The fraction of sp³-hybridized carbons (Fsp3) is 0.286. The Balaban J connectivity index is 2.13. The second-order valence-corrected chi connectivity index (χ2v) is 5.14. The molecule has 1 aromatic heterocycles. The van der Waals surface area contributed by atoms with Crippen LogP contribution in [-0.4, -0.2) is 23.6 Å². The summed E-state index contributed by atoms with van der Waals surface area (Å²) in [6.45, 7) is 1.78. The first kappa shape index (κ1) is 12.6. The van der Waals surface area contributed by atoms with E-state index in [-0.39, 0.29) is 0 Å². The summed E-state index contributed by atoms with van der Waals surface area (Å²) in [5, 5.41) is 3.33. The van der Waals surface area contributed by atoms with Crippen molar-refractivity contribution in [1.82, 2.24) is 15.3 Å². The second-order valence-electron chi connectivity index (χ2n) is 4.39. The molecule has 0 saturated carbocycles. The molecule has 1 aliphatic rings. The van der Waals surface area contributed by atoms with E-state index in [4.69, 9.17) is 9.72 Å². The molecular weight excluding hydrogens is 306 g/mol. The minimum Gasteiger partial charge on any atom is -0.496 e. The zero-order chi connectivity index (χ0) is 13.2. The van der Waals surface area contributed by atoms with Crippen LogP contribution in [-0.2, 0) is 13.0 Å². The van der Waals surface area contributed by atoms with Crippen molar-refractivity contribution in [3.63, 3.8) is 0 Å². The van der Waals surface area contributed by atoms with Gasteiger partial charge in [-0.2, -0.15) is 0 Å². The Hall–Kier alpha value is -1.46. The molecule has 0 aliphatic carbocycles. The molecule has 4 nitrogen and oxygen atoms in total. The summed E-state index contributed by atoms with van der Waals surface area (Å²) in [5.74, 6) is 1.51. The normalized spacial score (nSPS) is 14.0. The number of aromatic nitrogens is 2. The van der Waals surface area contributed by atoms with Gasteiger partial charge < -0.3 is 10.1 Å². The van der Waals surface area contributed by atoms with Gasteiger partial charge in [-0.15, -0.1) is 0 Å². The maximum absolute atomic E-state index is 5.38. The summed E-state index contributed by atoms with van der Waals surface area (Å²) >= 11 is 3.54. The third-order valence-electron chi connectivity index (χ3n) is 3.23. The Morgan fingerprint density at radius 3 is 2.95 bits per heavy atom. The minimum absolute atomic E-state index is 0.713. The number of fused-ring (bicyclic) bond motifs is 1. The van der Waals surface area contributed by atoms with Crippen molar-refractivity contribution in [3.8, 4) is 17.1 Å². The summed E-state index contributed by atoms with van der Waals surface area (Å²) in [7, 11) is 1.66. The lowest BCUT2D eigenvalue weighted by atomic mass is 10.1. The molecule has 2 heterocycles. The van der Waals surface area contributed by atoms with E-state index in [0.29, 0.717) is 5.82 Å². The van der Waals surface area contributed by atoms with Gasteiger partial charge in [0.15, 0.2) is 5.82 Å². The topological polar surface area (TPSA) is 47.0 Å². The van der Waals surface area contributed by atoms with Crippen molar-refractivity contribution >= 4 is 15.9 Å². The molecule has 0 spiro atoms. The SMILES string of the molecule is COc1ccccc1-c1nc(Br)c2c(n1)CCNC2. The molecule has 2 aromatic rings. The monoisotopic (exact) mass is 319 g/mol. The molecule has 1 aromatic carbocycles. The van der Waals surface area contributed by atoms with Gasteiger partial charge in [-0.25, -0.2) is 9.97 Å². The Morgan fingerprint density at radius 1 is 1.26 bits per heavy atom. The van der Waals surface area contributed by atoms with Crippen LogP contribution in [0.3, 0.4) is 0 Å². The molecule has 0 amide bonds. The number of nitrogens with zero attached hydrogens (tertiary/aromatic N) is 2. The number of benzene rings is 1. The van der Waals surface area contributed by atoms with Gasteiger partial charge in [-0.1, -0.05) is 12.1 Å². The molecule has 1 aliphatic heterocycles. The number of rotatable bonds is 2. The van der Waals surface area contributed by atoms with Crippen LogP contribution in [0, 0.1) is 0 Å². The third-order valence-corrected chi connectivity index (χ3v) is 3.89. The number of nitrogens with one attached hydrogen (secondary N) is 1. The van der Waals surface area contributed by atoms with Gasteiger partial charge in [-0.05, 0) is 28.1 Å². The smallest absolute Gasteiger partial charge is 0.164 e.